The summed E-state index contributed by atoms with van der Waals surface area (Å²) in [7, 11) is 0. The van der Waals surface area contributed by atoms with Crippen LogP contribution >= 0.6 is 0 Å². The second kappa shape index (κ2) is 30.8. The van der Waals surface area contributed by atoms with Gasteiger partial charge in [-0.05, 0) is 137 Å². The Bertz CT molecular complexity index is 7290. The molecule has 0 amide bonds. The Morgan fingerprint density at radius 2 is 0.460 bits per heavy atom. The monoisotopic (exact) mass is 1580 g/mol. The minimum Gasteiger partial charge on any atom is -0.311 e. The van der Waals surface area contributed by atoms with Gasteiger partial charge < -0.3 is 14.4 Å². The van der Waals surface area contributed by atoms with Gasteiger partial charge in [-0.3, -0.25) is 0 Å². The zero-order valence-corrected chi connectivity index (χ0v) is 66.7. The molecule has 21 aromatic rings. The first-order valence-corrected chi connectivity index (χ1v) is 41.4. The minimum absolute atomic E-state index is 0.0413. The van der Waals surface area contributed by atoms with Crippen LogP contribution in [0.2, 0.25) is 0 Å². The van der Waals surface area contributed by atoms with E-state index >= 15 is 0 Å². The molecule has 0 fully saturated rings. The molecule has 2 aliphatic rings. The zero-order chi connectivity index (χ0) is 82.0. The highest BCUT2D eigenvalue weighted by Crippen LogP contribution is 2.47. The number of anilines is 6. The molecule has 0 saturated carbocycles. The summed E-state index contributed by atoms with van der Waals surface area (Å²) < 4.78 is 2.31. The normalized spacial score (nSPS) is 12.0. The summed E-state index contributed by atoms with van der Waals surface area (Å²) in [4.78, 5) is 63.7. The second-order valence-electron chi connectivity index (χ2n) is 30.9. The lowest BCUT2D eigenvalue weighted by Crippen LogP contribution is -2.61. The van der Waals surface area contributed by atoms with Gasteiger partial charge in [0.1, 0.15) is 0 Å². The van der Waals surface area contributed by atoms with Gasteiger partial charge in [0.25, 0.3) is 6.71 Å². The molecule has 124 heavy (non-hydrogen) atoms. The average Bonchev–Trinajstić information content (AvgIpc) is 1.63. The fourth-order valence-corrected chi connectivity index (χ4v) is 17.5. The lowest BCUT2D eigenvalue weighted by atomic mass is 9.33. The number of hydrogen-bond donors (Lipinski definition) is 0. The molecule has 0 unspecified atom stereocenters. The molecule has 5 aromatic heterocycles. The topological polar surface area (TPSA) is 153 Å². The van der Waals surface area contributed by atoms with Gasteiger partial charge in [-0.25, -0.2) is 54.8 Å². The van der Waals surface area contributed by atoms with E-state index in [0.717, 1.165) is 134 Å². The molecule has 14 nitrogen and oxygen atoms in total. The number of benzene rings is 16. The van der Waals surface area contributed by atoms with Crippen molar-refractivity contribution in [2.45, 2.75) is 0 Å². The van der Waals surface area contributed by atoms with Gasteiger partial charge in [-0.2, -0.15) is 0 Å². The van der Waals surface area contributed by atoms with Crippen LogP contribution in [0.1, 0.15) is 0 Å². The number of rotatable bonds is 16. The molecule has 15 heteroatoms. The van der Waals surface area contributed by atoms with Gasteiger partial charge in [0.05, 0.1) is 28.1 Å². The molecule has 0 aliphatic carbocycles. The molecule has 16 aromatic carbocycles. The Balaban J connectivity index is 0.700. The van der Waals surface area contributed by atoms with Crippen molar-refractivity contribution in [3.8, 4) is 153 Å². The number of para-hydroxylation sites is 3. The summed E-state index contributed by atoms with van der Waals surface area (Å²) in [6.07, 6.45) is 0. The van der Waals surface area contributed by atoms with Crippen molar-refractivity contribution in [3.05, 3.63) is 419 Å². The van der Waals surface area contributed by atoms with Crippen LogP contribution in [-0.4, -0.2) is 66.1 Å². The fraction of sp³-hybridized carbons (Fsp3) is 0. The Labute approximate surface area is 715 Å². The van der Waals surface area contributed by atoms with Crippen molar-refractivity contribution in [1.82, 2.24) is 59.4 Å². The molecule has 2 aliphatic heterocycles. The van der Waals surface area contributed by atoms with E-state index in [1.54, 1.807) is 0 Å². The predicted octanol–water partition coefficient (Wildman–Crippen LogP) is 23.9. The van der Waals surface area contributed by atoms with Crippen LogP contribution in [0.4, 0.5) is 34.1 Å². The molecule has 0 radical (unpaired) electrons. The largest absolute Gasteiger partial charge is 0.311 e. The van der Waals surface area contributed by atoms with E-state index in [-0.39, 0.29) is 6.71 Å². The van der Waals surface area contributed by atoms with E-state index < -0.39 is 0 Å². The Morgan fingerprint density at radius 3 is 0.863 bits per heavy atom. The Hall–Kier alpha value is -16.9. The summed E-state index contributed by atoms with van der Waals surface area (Å²) in [6, 6.07) is 145. The van der Waals surface area contributed by atoms with E-state index in [0.29, 0.717) is 63.8 Å². The van der Waals surface area contributed by atoms with Crippen LogP contribution in [0.25, 0.3) is 175 Å². The molecule has 0 N–H and O–H groups in total. The van der Waals surface area contributed by atoms with Crippen LogP contribution < -0.4 is 26.2 Å². The van der Waals surface area contributed by atoms with Gasteiger partial charge in [-0.15, -0.1) is 0 Å². The third kappa shape index (κ3) is 13.2. The van der Waals surface area contributed by atoms with E-state index in [1.807, 2.05) is 188 Å². The zero-order valence-electron chi connectivity index (χ0n) is 66.7. The van der Waals surface area contributed by atoms with Crippen molar-refractivity contribution in [1.29, 1.82) is 0 Å². The summed E-state index contributed by atoms with van der Waals surface area (Å²) >= 11 is 0. The van der Waals surface area contributed by atoms with Gasteiger partial charge in [0.2, 0.25) is 0 Å². The predicted molar refractivity (Wildman–Crippen MR) is 501 cm³/mol. The number of hydrogen-bond acceptors (Lipinski definition) is 13. The standard InChI is InChI=1S/C109H69BN14/c1-9-30-72(31-10-1)90-69-91(73-32-11-2-12-33-73)112-106(111-90)82-60-65-94(124-92-63-58-80(107-116-100(74-34-13-3-14-35-74)113-101(117-107)75-36-15-4-16-37-75)66-85(92)86-67-81(59-64-93(86)124)108-118-102(76-38-17-5-18-39-76)114-103(119-108)77-40-19-6-20-41-77)87(68-82)109-120-104(78-42-21-7-22-43-78)115-105(121-109)79-54-52-70(53-55-79)71-56-61-84(62-57-71)123-96-49-28-26-47-89(96)110-88-46-25-27-48-95(88)122(83-44-23-8-24-45-83)97-50-29-51-98(123)99(97)110/h1-69H. The first-order valence-electron chi connectivity index (χ1n) is 41.4. The third-order valence-corrected chi connectivity index (χ3v) is 23.4. The molecule has 0 spiro atoms. The summed E-state index contributed by atoms with van der Waals surface area (Å²) in [5, 5.41) is 1.81. The smallest absolute Gasteiger partial charge is 0.252 e. The van der Waals surface area contributed by atoms with Crippen molar-refractivity contribution in [3.63, 3.8) is 0 Å². The average molecular weight is 1590 g/mol. The van der Waals surface area contributed by atoms with E-state index in [4.69, 9.17) is 54.8 Å². The van der Waals surface area contributed by atoms with Crippen LogP contribution in [0.3, 0.4) is 0 Å². The van der Waals surface area contributed by atoms with Crippen molar-refractivity contribution < 1.29 is 0 Å². The second-order valence-corrected chi connectivity index (χ2v) is 30.9. The Kier molecular flexibility index (Phi) is 18.0. The molecule has 23 rings (SSSR count). The van der Waals surface area contributed by atoms with Gasteiger partial charge in [0, 0.05) is 112 Å². The van der Waals surface area contributed by atoms with Crippen LogP contribution in [0.15, 0.2) is 419 Å². The number of fused-ring (bicyclic) bond motifs is 7. The molecule has 7 heterocycles. The fourth-order valence-electron chi connectivity index (χ4n) is 17.5. The quantitative estimate of drug-likeness (QED) is 0.0844. The van der Waals surface area contributed by atoms with Crippen molar-refractivity contribution in [2.75, 3.05) is 9.80 Å². The van der Waals surface area contributed by atoms with E-state index in [2.05, 4.69) is 245 Å². The molecule has 578 valence electrons. The molecular formula is C109H69BN14. The molecule has 0 bridgehead atoms. The van der Waals surface area contributed by atoms with E-state index in [9.17, 15) is 0 Å². The maximum atomic E-state index is 5.66. The first-order chi connectivity index (χ1) is 61.4. The highest BCUT2D eigenvalue weighted by molar-refractivity contribution is 7.00. The summed E-state index contributed by atoms with van der Waals surface area (Å²) in [5.74, 6) is 5.15. The van der Waals surface area contributed by atoms with Crippen molar-refractivity contribution in [2.24, 2.45) is 0 Å². The van der Waals surface area contributed by atoms with Crippen LogP contribution in [0, 0.1) is 0 Å². The van der Waals surface area contributed by atoms with E-state index in [1.165, 1.54) is 27.8 Å². The molecule has 0 saturated heterocycles. The summed E-state index contributed by atoms with van der Waals surface area (Å²) in [6.45, 7) is 0.0413. The SMILES string of the molecule is c1ccc(-c2cc(-c3ccccc3)nc(-c3ccc(-n4c5ccc(-c6nc(-c7ccccc7)nc(-c7ccccc7)n6)cc5c5cc(-c6nc(-c7ccccc7)nc(-c7ccccc7)n6)ccc54)c(-c4nc(-c5ccccc5)nc(-c5ccc(-c6ccc(N7c8ccccc8B8c9ccccc9N(c9ccccc9)c9cccc7c98)cc6)cc5)n4)c3)n2)cc1. The highest BCUT2D eigenvalue weighted by atomic mass is 15.2. The minimum atomic E-state index is 0.0413. The van der Waals surface area contributed by atoms with Gasteiger partial charge in [0.15, 0.2) is 58.2 Å². The highest BCUT2D eigenvalue weighted by Gasteiger charge is 2.43. The molecule has 0 atom stereocenters. The maximum Gasteiger partial charge on any atom is 0.252 e. The lowest BCUT2D eigenvalue weighted by molar-refractivity contribution is 1.06. The van der Waals surface area contributed by atoms with Crippen molar-refractivity contribution >= 4 is 79.0 Å². The molecular weight excluding hydrogens is 1520 g/mol. The number of nitrogens with zero attached hydrogens (tertiary/aromatic N) is 14. The maximum absolute atomic E-state index is 5.66. The van der Waals surface area contributed by atoms with Gasteiger partial charge >= 0.3 is 0 Å². The van der Waals surface area contributed by atoms with Crippen LogP contribution in [-0.2, 0) is 0 Å². The summed E-state index contributed by atoms with van der Waals surface area (Å²) in [5.41, 5.74) is 26.8. The van der Waals surface area contributed by atoms with Gasteiger partial charge in [-0.1, -0.05) is 309 Å². The van der Waals surface area contributed by atoms with Crippen LogP contribution in [0.5, 0.6) is 0 Å². The number of aromatic nitrogens is 12. The Morgan fingerprint density at radius 1 is 0.177 bits per heavy atom. The first kappa shape index (κ1) is 72.3. The third-order valence-electron chi connectivity index (χ3n) is 23.4. The lowest BCUT2D eigenvalue weighted by Gasteiger charge is -2.44.